The lowest BCUT2D eigenvalue weighted by Gasteiger charge is -2.12. The zero-order chi connectivity index (χ0) is 24.8. The van der Waals surface area contributed by atoms with Gasteiger partial charge in [-0.1, -0.05) is 36.3 Å². The first-order valence-corrected chi connectivity index (χ1v) is 12.2. The third kappa shape index (κ3) is 5.06. The first kappa shape index (κ1) is 24.1. The molecule has 0 saturated carbocycles. The molecule has 1 aromatic heterocycles. The van der Waals surface area contributed by atoms with E-state index < -0.39 is 11.9 Å². The molecule has 1 amide bonds. The van der Waals surface area contributed by atoms with Crippen molar-refractivity contribution in [2.45, 2.75) is 32.6 Å². The van der Waals surface area contributed by atoms with Gasteiger partial charge >= 0.3 is 5.97 Å². The first-order chi connectivity index (χ1) is 17.1. The molecule has 0 spiro atoms. The highest BCUT2D eigenvalue weighted by Crippen LogP contribution is 2.39. The van der Waals surface area contributed by atoms with Crippen LogP contribution >= 0.6 is 11.3 Å². The number of nitriles is 1. The van der Waals surface area contributed by atoms with Gasteiger partial charge in [0.2, 0.25) is 0 Å². The second-order valence-corrected chi connectivity index (χ2v) is 9.06. The van der Waals surface area contributed by atoms with E-state index in [4.69, 9.17) is 15.9 Å². The molecule has 0 saturated heterocycles. The summed E-state index contributed by atoms with van der Waals surface area (Å²) in [5, 5.41) is 14.8. The smallest absolute Gasteiger partial charge is 0.341 e. The van der Waals surface area contributed by atoms with Crippen LogP contribution in [0.15, 0.2) is 42.0 Å². The number of aryl methyl sites for hydroxylation is 1. The standard InChI is InChI=1S/C28H24N2O4S/c1-3-15-34-23-14-13-18-9-5-6-10-20(18)22(23)16-19(17-29)26(31)30-27-25(28(32)33-4-2)21-11-7-8-12-24(21)35-27/h1,5-6,9-10,13-14,16H,4,7-8,11-12,15H2,2H3,(H,30,31)/b19-16+. The highest BCUT2D eigenvalue weighted by Gasteiger charge is 2.28. The Morgan fingerprint density at radius 1 is 1.20 bits per heavy atom. The van der Waals surface area contributed by atoms with Gasteiger partial charge in [0.25, 0.3) is 5.91 Å². The van der Waals surface area contributed by atoms with Crippen LogP contribution in [-0.2, 0) is 22.4 Å². The molecule has 2 aromatic carbocycles. The number of nitrogens with one attached hydrogen (secondary N) is 1. The van der Waals surface area contributed by atoms with Crippen molar-refractivity contribution in [2.24, 2.45) is 0 Å². The number of thiophene rings is 1. The summed E-state index contributed by atoms with van der Waals surface area (Å²) in [5.41, 5.74) is 1.81. The van der Waals surface area contributed by atoms with Crippen molar-refractivity contribution in [1.29, 1.82) is 5.26 Å². The van der Waals surface area contributed by atoms with E-state index >= 15 is 0 Å². The third-order valence-corrected chi connectivity index (χ3v) is 6.98. The van der Waals surface area contributed by atoms with E-state index in [9.17, 15) is 14.9 Å². The number of rotatable bonds is 7. The molecule has 7 heteroatoms. The second kappa shape index (κ2) is 10.9. The van der Waals surface area contributed by atoms with E-state index in [1.54, 1.807) is 13.0 Å². The predicted molar refractivity (Wildman–Crippen MR) is 137 cm³/mol. The molecular weight excluding hydrogens is 460 g/mol. The number of esters is 1. The van der Waals surface area contributed by atoms with E-state index in [2.05, 4.69) is 11.2 Å². The molecule has 3 aromatic rings. The Morgan fingerprint density at radius 2 is 2.00 bits per heavy atom. The summed E-state index contributed by atoms with van der Waals surface area (Å²) in [4.78, 5) is 27.0. The SMILES string of the molecule is C#CCOc1ccc2ccccc2c1/C=C(\C#N)C(=O)Nc1sc2c(c1C(=O)OCC)CCCC2. The van der Waals surface area contributed by atoms with Crippen molar-refractivity contribution in [3.05, 3.63) is 63.5 Å². The molecule has 1 heterocycles. The van der Waals surface area contributed by atoms with Crippen LogP contribution in [0.2, 0.25) is 0 Å². The van der Waals surface area contributed by atoms with Crippen LogP contribution < -0.4 is 10.1 Å². The zero-order valence-corrected chi connectivity index (χ0v) is 20.2. The lowest BCUT2D eigenvalue weighted by atomic mass is 9.95. The number of fused-ring (bicyclic) bond motifs is 2. The van der Waals surface area contributed by atoms with Crippen molar-refractivity contribution in [2.75, 3.05) is 18.5 Å². The number of anilines is 1. The number of benzene rings is 2. The summed E-state index contributed by atoms with van der Waals surface area (Å²) in [6, 6.07) is 13.3. The summed E-state index contributed by atoms with van der Waals surface area (Å²) in [7, 11) is 0. The summed E-state index contributed by atoms with van der Waals surface area (Å²) >= 11 is 1.38. The fourth-order valence-corrected chi connectivity index (χ4v) is 5.48. The topological polar surface area (TPSA) is 88.4 Å². The van der Waals surface area contributed by atoms with Gasteiger partial charge in [-0.2, -0.15) is 5.26 Å². The van der Waals surface area contributed by atoms with Crippen molar-refractivity contribution in [3.8, 4) is 24.2 Å². The first-order valence-electron chi connectivity index (χ1n) is 11.4. The van der Waals surface area contributed by atoms with E-state index in [-0.39, 0.29) is 18.8 Å². The minimum absolute atomic E-state index is 0.0525. The molecule has 4 rings (SSSR count). The molecule has 6 nitrogen and oxygen atoms in total. The van der Waals surface area contributed by atoms with E-state index in [0.29, 0.717) is 21.9 Å². The van der Waals surface area contributed by atoms with Crippen LogP contribution in [0.25, 0.3) is 16.8 Å². The van der Waals surface area contributed by atoms with Crippen molar-refractivity contribution >= 4 is 45.1 Å². The molecule has 0 bridgehead atoms. The molecule has 1 aliphatic rings. The number of carbonyl (C=O) groups is 2. The molecule has 176 valence electrons. The second-order valence-electron chi connectivity index (χ2n) is 7.95. The Labute approximate surface area is 208 Å². The Morgan fingerprint density at radius 3 is 2.77 bits per heavy atom. The maximum atomic E-state index is 13.2. The molecule has 0 fully saturated rings. The number of hydrogen-bond acceptors (Lipinski definition) is 6. The van der Waals surface area contributed by atoms with Gasteiger partial charge in [0, 0.05) is 10.4 Å². The Balaban J connectivity index is 1.73. The van der Waals surface area contributed by atoms with Crippen LogP contribution in [0.5, 0.6) is 5.75 Å². The van der Waals surface area contributed by atoms with Gasteiger partial charge < -0.3 is 14.8 Å². The van der Waals surface area contributed by atoms with Gasteiger partial charge in [-0.25, -0.2) is 4.79 Å². The quantitative estimate of drug-likeness (QED) is 0.207. The van der Waals surface area contributed by atoms with Crippen LogP contribution in [-0.4, -0.2) is 25.1 Å². The lowest BCUT2D eigenvalue weighted by molar-refractivity contribution is -0.112. The number of ether oxygens (including phenoxy) is 2. The third-order valence-electron chi connectivity index (χ3n) is 5.77. The Hall–Kier alpha value is -4.07. The number of nitrogens with zero attached hydrogens (tertiary/aromatic N) is 1. The van der Waals surface area contributed by atoms with Gasteiger partial charge in [0.15, 0.2) is 0 Å². The number of hydrogen-bond donors (Lipinski definition) is 1. The maximum Gasteiger partial charge on any atom is 0.341 e. The summed E-state index contributed by atoms with van der Waals surface area (Å²) < 4.78 is 11.0. The van der Waals surface area contributed by atoms with Gasteiger partial charge in [0.05, 0.1) is 12.2 Å². The van der Waals surface area contributed by atoms with Gasteiger partial charge in [0.1, 0.15) is 29.0 Å². The average Bonchev–Trinajstić information content (AvgIpc) is 3.24. The van der Waals surface area contributed by atoms with Gasteiger partial charge in [-0.15, -0.1) is 17.8 Å². The van der Waals surface area contributed by atoms with E-state index in [1.807, 2.05) is 36.4 Å². The molecule has 1 aliphatic carbocycles. The monoisotopic (exact) mass is 484 g/mol. The van der Waals surface area contributed by atoms with Crippen molar-refractivity contribution < 1.29 is 19.1 Å². The molecule has 35 heavy (non-hydrogen) atoms. The van der Waals surface area contributed by atoms with Crippen molar-refractivity contribution in [1.82, 2.24) is 0 Å². The minimum atomic E-state index is -0.604. The minimum Gasteiger partial charge on any atom is -0.480 e. The normalized spacial score (nSPS) is 12.8. The van der Waals surface area contributed by atoms with Crippen LogP contribution in [0, 0.1) is 23.7 Å². The molecular formula is C28H24N2O4S. The average molecular weight is 485 g/mol. The highest BCUT2D eigenvalue weighted by atomic mass is 32.1. The summed E-state index contributed by atoms with van der Waals surface area (Å²) in [6.45, 7) is 2.04. The largest absolute Gasteiger partial charge is 0.480 e. The summed E-state index contributed by atoms with van der Waals surface area (Å²) in [6.07, 6.45) is 10.5. The van der Waals surface area contributed by atoms with E-state index in [0.717, 1.165) is 46.9 Å². The summed E-state index contributed by atoms with van der Waals surface area (Å²) in [5.74, 6) is 1.85. The Bertz CT molecular complexity index is 1400. The van der Waals surface area contributed by atoms with Crippen LogP contribution in [0.4, 0.5) is 5.00 Å². The molecule has 0 radical (unpaired) electrons. The van der Waals surface area contributed by atoms with Gasteiger partial charge in [-0.3, -0.25) is 4.79 Å². The highest BCUT2D eigenvalue weighted by molar-refractivity contribution is 7.17. The number of amides is 1. The van der Waals surface area contributed by atoms with Crippen LogP contribution in [0.3, 0.4) is 0 Å². The van der Waals surface area contributed by atoms with Gasteiger partial charge in [-0.05, 0) is 61.1 Å². The fraction of sp³-hybridized carbons (Fsp3) is 0.250. The van der Waals surface area contributed by atoms with Crippen LogP contribution in [0.1, 0.15) is 46.1 Å². The zero-order valence-electron chi connectivity index (χ0n) is 19.3. The Kier molecular flexibility index (Phi) is 7.50. The maximum absolute atomic E-state index is 13.2. The molecule has 0 aliphatic heterocycles. The number of carbonyl (C=O) groups excluding carboxylic acids is 2. The van der Waals surface area contributed by atoms with E-state index in [1.165, 1.54) is 17.4 Å². The number of terminal acetylenes is 1. The van der Waals surface area contributed by atoms with Crippen molar-refractivity contribution in [3.63, 3.8) is 0 Å². The fourth-order valence-electron chi connectivity index (χ4n) is 4.21. The lowest BCUT2D eigenvalue weighted by Crippen LogP contribution is -2.16. The predicted octanol–water partition coefficient (Wildman–Crippen LogP) is 5.51. The molecule has 0 unspecified atom stereocenters. The molecule has 0 atom stereocenters. The molecule has 1 N–H and O–H groups in total.